The zero-order valence-corrected chi connectivity index (χ0v) is 14.0. The van der Waals surface area contributed by atoms with E-state index in [0.29, 0.717) is 0 Å². The van der Waals surface area contributed by atoms with E-state index in [2.05, 4.69) is 9.98 Å². The van der Waals surface area contributed by atoms with Crippen molar-refractivity contribution in [3.63, 3.8) is 0 Å². The maximum absolute atomic E-state index is 13.1. The predicted molar refractivity (Wildman–Crippen MR) is 90.5 cm³/mol. The van der Waals surface area contributed by atoms with E-state index in [-0.39, 0.29) is 23.4 Å². The van der Waals surface area contributed by atoms with E-state index in [1.54, 1.807) is 24.3 Å². The van der Waals surface area contributed by atoms with Crippen molar-refractivity contribution in [2.75, 3.05) is 5.75 Å². The highest BCUT2D eigenvalue weighted by Gasteiger charge is 2.36. The average molecular weight is 379 g/mol. The summed E-state index contributed by atoms with van der Waals surface area (Å²) >= 11 is 1.02. The summed E-state index contributed by atoms with van der Waals surface area (Å²) in [5.74, 6) is -1.26. The molecule has 2 aromatic rings. The molecule has 0 unspecified atom stereocenters. The summed E-state index contributed by atoms with van der Waals surface area (Å²) < 4.78 is 39.2. The van der Waals surface area contributed by atoms with Crippen LogP contribution in [0.15, 0.2) is 53.8 Å². The van der Waals surface area contributed by atoms with Crippen LogP contribution in [-0.2, 0) is 17.5 Å². The van der Waals surface area contributed by atoms with Gasteiger partial charge < -0.3 is 0 Å². The number of halogens is 3. The van der Waals surface area contributed by atoms with E-state index in [4.69, 9.17) is 0 Å². The summed E-state index contributed by atoms with van der Waals surface area (Å²) in [7, 11) is 0. The summed E-state index contributed by atoms with van der Waals surface area (Å²) in [4.78, 5) is 33.0. The molecule has 1 fully saturated rings. The van der Waals surface area contributed by atoms with Gasteiger partial charge in [-0.3, -0.25) is 19.5 Å². The Morgan fingerprint density at radius 2 is 1.96 bits per heavy atom. The molecule has 0 atom stereocenters. The Bertz CT molecular complexity index is 869. The van der Waals surface area contributed by atoms with Gasteiger partial charge in [-0.05, 0) is 11.6 Å². The van der Waals surface area contributed by atoms with Gasteiger partial charge in [-0.2, -0.15) is 18.2 Å². The molecule has 3 rings (SSSR count). The fourth-order valence-electron chi connectivity index (χ4n) is 2.36. The first-order chi connectivity index (χ1) is 12.4. The third-order valence-corrected chi connectivity index (χ3v) is 4.56. The highest BCUT2D eigenvalue weighted by molar-refractivity contribution is 8.15. The first-order valence-electron chi connectivity index (χ1n) is 7.47. The molecule has 2 amide bonds. The van der Waals surface area contributed by atoms with Crippen LogP contribution in [-0.4, -0.2) is 32.6 Å². The average Bonchev–Trinajstić information content (AvgIpc) is 2.95. The van der Waals surface area contributed by atoms with Crippen molar-refractivity contribution < 1.29 is 22.8 Å². The van der Waals surface area contributed by atoms with Crippen LogP contribution in [0.3, 0.4) is 0 Å². The van der Waals surface area contributed by atoms with Crippen LogP contribution in [0, 0.1) is 0 Å². The van der Waals surface area contributed by atoms with Crippen LogP contribution >= 0.6 is 11.8 Å². The second kappa shape index (κ2) is 7.28. The van der Waals surface area contributed by atoms with Crippen molar-refractivity contribution in [1.29, 1.82) is 0 Å². The van der Waals surface area contributed by atoms with Crippen LogP contribution in [0.2, 0.25) is 0 Å². The zero-order valence-electron chi connectivity index (χ0n) is 13.2. The largest absolute Gasteiger partial charge is 0.417 e. The number of carbonyl (C=O) groups excluding carboxylic acids is 2. The van der Waals surface area contributed by atoms with Gasteiger partial charge in [0.2, 0.25) is 5.91 Å². The van der Waals surface area contributed by atoms with Crippen LogP contribution < -0.4 is 0 Å². The molecule has 0 spiro atoms. The van der Waals surface area contributed by atoms with Crippen LogP contribution in [0.25, 0.3) is 0 Å². The minimum Gasteiger partial charge on any atom is -0.286 e. The molecule has 5 nitrogen and oxygen atoms in total. The molecule has 0 radical (unpaired) electrons. The first kappa shape index (κ1) is 18.1. The number of hydrogen-bond acceptors (Lipinski definition) is 4. The lowest BCUT2D eigenvalue weighted by atomic mass is 10.1. The SMILES string of the molecule is O=C(N=C1SCC(=O)N1Cc1ccccc1)c1cnccc1C(F)(F)F. The van der Waals surface area contributed by atoms with Gasteiger partial charge in [0, 0.05) is 12.4 Å². The molecule has 9 heteroatoms. The molecule has 1 saturated heterocycles. The fourth-order valence-corrected chi connectivity index (χ4v) is 3.24. The van der Waals surface area contributed by atoms with Crippen LogP contribution in [0.1, 0.15) is 21.5 Å². The highest BCUT2D eigenvalue weighted by Crippen LogP contribution is 2.32. The Balaban J connectivity index is 1.89. The number of thioether (sulfide) groups is 1. The standard InChI is InChI=1S/C17H12F3N3O2S/c18-17(19,20)13-6-7-21-8-12(13)15(25)22-16-23(14(24)10-26-16)9-11-4-2-1-3-5-11/h1-8H,9-10H2. The van der Waals surface area contributed by atoms with Crippen molar-refractivity contribution in [1.82, 2.24) is 9.88 Å². The van der Waals surface area contributed by atoms with Crippen molar-refractivity contribution in [2.45, 2.75) is 12.7 Å². The second-order valence-electron chi connectivity index (χ2n) is 5.37. The third kappa shape index (κ3) is 3.93. The normalized spacial score (nSPS) is 16.3. The molecule has 2 heterocycles. The molecule has 26 heavy (non-hydrogen) atoms. The van der Waals surface area contributed by atoms with Gasteiger partial charge in [-0.15, -0.1) is 0 Å². The zero-order chi connectivity index (χ0) is 18.7. The molecule has 0 N–H and O–H groups in total. The number of hydrogen-bond donors (Lipinski definition) is 0. The monoisotopic (exact) mass is 379 g/mol. The Labute approximate surface area is 150 Å². The molecule has 0 saturated carbocycles. The maximum Gasteiger partial charge on any atom is 0.417 e. The van der Waals surface area contributed by atoms with Gasteiger partial charge in [-0.1, -0.05) is 42.1 Å². The smallest absolute Gasteiger partial charge is 0.286 e. The van der Waals surface area contributed by atoms with E-state index in [1.165, 1.54) is 4.90 Å². The number of aliphatic imine (C=N–C) groups is 1. The minimum atomic E-state index is -4.70. The Morgan fingerprint density at radius 3 is 2.65 bits per heavy atom. The molecule has 0 aliphatic carbocycles. The summed E-state index contributed by atoms with van der Waals surface area (Å²) in [5, 5.41) is 0.0841. The molecule has 1 aromatic heterocycles. The van der Waals surface area contributed by atoms with Crippen LogP contribution in [0.5, 0.6) is 0 Å². The maximum atomic E-state index is 13.1. The minimum absolute atomic E-state index is 0.0815. The Morgan fingerprint density at radius 1 is 1.23 bits per heavy atom. The summed E-state index contributed by atoms with van der Waals surface area (Å²) in [6, 6.07) is 9.76. The fraction of sp³-hybridized carbons (Fsp3) is 0.176. The number of amidine groups is 1. The van der Waals surface area contributed by atoms with Gasteiger partial charge in [0.05, 0.1) is 23.4 Å². The summed E-state index contributed by atoms with van der Waals surface area (Å²) in [6.45, 7) is 0.192. The van der Waals surface area contributed by atoms with Crippen molar-refractivity contribution in [3.8, 4) is 0 Å². The van der Waals surface area contributed by atoms with Crippen molar-refractivity contribution >= 4 is 28.7 Å². The number of pyridine rings is 1. The number of rotatable bonds is 3. The van der Waals surface area contributed by atoms with Gasteiger partial charge in [0.1, 0.15) is 0 Å². The van der Waals surface area contributed by atoms with Crippen LogP contribution in [0.4, 0.5) is 13.2 Å². The summed E-state index contributed by atoms with van der Waals surface area (Å²) in [5.41, 5.74) is -0.932. The second-order valence-corrected chi connectivity index (χ2v) is 6.32. The lowest BCUT2D eigenvalue weighted by Gasteiger charge is -2.16. The number of benzene rings is 1. The topological polar surface area (TPSA) is 62.6 Å². The molecule has 1 aliphatic heterocycles. The lowest BCUT2D eigenvalue weighted by molar-refractivity contribution is -0.138. The predicted octanol–water partition coefficient (Wildman–Crippen LogP) is 3.37. The highest BCUT2D eigenvalue weighted by atomic mass is 32.2. The van der Waals surface area contributed by atoms with E-state index in [9.17, 15) is 22.8 Å². The number of alkyl halides is 3. The number of carbonyl (C=O) groups is 2. The Hall–Kier alpha value is -2.68. The first-order valence-corrected chi connectivity index (χ1v) is 8.46. The van der Waals surface area contributed by atoms with E-state index < -0.39 is 23.2 Å². The van der Waals surface area contributed by atoms with E-state index >= 15 is 0 Å². The molecule has 1 aliphatic rings. The third-order valence-electron chi connectivity index (χ3n) is 3.59. The van der Waals surface area contributed by atoms with Gasteiger partial charge >= 0.3 is 6.18 Å². The van der Waals surface area contributed by atoms with Crippen molar-refractivity contribution in [2.24, 2.45) is 4.99 Å². The number of nitrogens with zero attached hydrogens (tertiary/aromatic N) is 3. The molecular formula is C17H12F3N3O2S. The molecule has 0 bridgehead atoms. The van der Waals surface area contributed by atoms with Crippen molar-refractivity contribution in [3.05, 3.63) is 65.5 Å². The lowest BCUT2D eigenvalue weighted by Crippen LogP contribution is -2.29. The number of aromatic nitrogens is 1. The number of amides is 2. The quantitative estimate of drug-likeness (QED) is 0.820. The van der Waals surface area contributed by atoms with E-state index in [1.807, 2.05) is 6.07 Å². The summed E-state index contributed by atoms with van der Waals surface area (Å²) in [6.07, 6.45) is -2.91. The van der Waals surface area contributed by atoms with Gasteiger partial charge in [0.15, 0.2) is 5.17 Å². The molecule has 1 aromatic carbocycles. The van der Waals surface area contributed by atoms with Gasteiger partial charge in [0.25, 0.3) is 5.91 Å². The Kier molecular flexibility index (Phi) is 5.08. The molecular weight excluding hydrogens is 367 g/mol. The molecule has 134 valence electrons. The van der Waals surface area contributed by atoms with Gasteiger partial charge in [-0.25, -0.2) is 0 Å². The van der Waals surface area contributed by atoms with E-state index in [0.717, 1.165) is 35.8 Å².